The molecule has 0 bridgehead atoms. The van der Waals surface area contributed by atoms with Crippen molar-refractivity contribution in [3.63, 3.8) is 0 Å². The first-order chi connectivity index (χ1) is 11.5. The van der Waals surface area contributed by atoms with Crippen molar-refractivity contribution >= 4 is 17.5 Å². The Morgan fingerprint density at radius 1 is 1.29 bits per heavy atom. The lowest BCUT2D eigenvalue weighted by Gasteiger charge is -2.18. The second-order valence-electron chi connectivity index (χ2n) is 5.63. The molecule has 7 heteroatoms. The van der Waals surface area contributed by atoms with Crippen LogP contribution >= 0.6 is 11.6 Å². The minimum atomic E-state index is -0.0606. The molecule has 0 saturated carbocycles. The maximum Gasteiger partial charge on any atom is 0.253 e. The van der Waals surface area contributed by atoms with Crippen LogP contribution in [0.1, 0.15) is 21.6 Å². The van der Waals surface area contributed by atoms with Crippen LogP contribution in [-0.2, 0) is 20.1 Å². The summed E-state index contributed by atoms with van der Waals surface area (Å²) in [7, 11) is 3.57. The third-order valence-electron chi connectivity index (χ3n) is 3.82. The topological polar surface area (TPSA) is 56.0 Å². The number of amides is 1. The Hall–Kier alpha value is -2.60. The van der Waals surface area contributed by atoms with Gasteiger partial charge in [-0.25, -0.2) is 0 Å². The molecular formula is C17H18ClN5O. The average molecular weight is 344 g/mol. The van der Waals surface area contributed by atoms with Crippen molar-refractivity contribution in [2.45, 2.75) is 13.1 Å². The summed E-state index contributed by atoms with van der Waals surface area (Å²) in [5.41, 5.74) is 2.47. The second-order valence-corrected chi connectivity index (χ2v) is 6.04. The minimum absolute atomic E-state index is 0.0606. The van der Waals surface area contributed by atoms with Crippen LogP contribution in [0.2, 0.25) is 5.02 Å². The quantitative estimate of drug-likeness (QED) is 0.715. The standard InChI is InChI=1S/C17H18ClN5O/c1-21(12-16-15(18)10-20-22(16)2)17(24)14-6-3-5-13(9-14)11-23-8-4-7-19-23/h3-10H,11-12H2,1-2H3. The molecule has 0 radical (unpaired) electrons. The number of benzene rings is 1. The number of halogens is 1. The van der Waals surface area contributed by atoms with Gasteiger partial charge in [0.15, 0.2) is 0 Å². The van der Waals surface area contributed by atoms with Gasteiger partial charge < -0.3 is 4.90 Å². The van der Waals surface area contributed by atoms with E-state index in [2.05, 4.69) is 10.2 Å². The van der Waals surface area contributed by atoms with E-state index in [0.717, 1.165) is 11.3 Å². The molecule has 0 aliphatic carbocycles. The molecule has 2 heterocycles. The molecule has 0 aliphatic rings. The number of hydrogen-bond acceptors (Lipinski definition) is 3. The summed E-state index contributed by atoms with van der Waals surface area (Å²) < 4.78 is 3.50. The van der Waals surface area contributed by atoms with E-state index in [-0.39, 0.29) is 5.91 Å². The molecule has 124 valence electrons. The third kappa shape index (κ3) is 3.49. The van der Waals surface area contributed by atoms with Gasteiger partial charge in [-0.2, -0.15) is 10.2 Å². The van der Waals surface area contributed by atoms with Crippen LogP contribution < -0.4 is 0 Å². The van der Waals surface area contributed by atoms with Gasteiger partial charge in [0.2, 0.25) is 0 Å². The smallest absolute Gasteiger partial charge is 0.253 e. The summed E-state index contributed by atoms with van der Waals surface area (Å²) in [5, 5.41) is 8.84. The van der Waals surface area contributed by atoms with E-state index in [4.69, 9.17) is 11.6 Å². The average Bonchev–Trinajstić information content (AvgIpc) is 3.19. The Morgan fingerprint density at radius 2 is 2.12 bits per heavy atom. The first-order valence-electron chi connectivity index (χ1n) is 7.53. The molecule has 1 aromatic carbocycles. The largest absolute Gasteiger partial charge is 0.336 e. The van der Waals surface area contributed by atoms with Gasteiger partial charge in [0.05, 0.1) is 30.0 Å². The first-order valence-corrected chi connectivity index (χ1v) is 7.90. The highest BCUT2D eigenvalue weighted by Crippen LogP contribution is 2.17. The number of carbonyl (C=O) groups is 1. The van der Waals surface area contributed by atoms with Crippen molar-refractivity contribution in [3.05, 3.63) is 70.8 Å². The van der Waals surface area contributed by atoms with Crippen molar-refractivity contribution in [1.29, 1.82) is 0 Å². The fourth-order valence-electron chi connectivity index (χ4n) is 2.51. The maximum absolute atomic E-state index is 12.7. The second kappa shape index (κ2) is 6.88. The molecule has 3 aromatic rings. The van der Waals surface area contributed by atoms with Crippen LogP contribution in [0, 0.1) is 0 Å². The fraction of sp³-hybridized carbons (Fsp3) is 0.235. The van der Waals surface area contributed by atoms with E-state index < -0.39 is 0 Å². The van der Waals surface area contributed by atoms with Crippen molar-refractivity contribution in [2.75, 3.05) is 7.05 Å². The lowest BCUT2D eigenvalue weighted by Crippen LogP contribution is -2.27. The van der Waals surface area contributed by atoms with E-state index in [1.807, 2.05) is 48.3 Å². The Balaban J connectivity index is 1.74. The van der Waals surface area contributed by atoms with Crippen LogP contribution in [0.3, 0.4) is 0 Å². The molecule has 2 aromatic heterocycles. The van der Waals surface area contributed by atoms with Gasteiger partial charge in [-0.05, 0) is 23.8 Å². The molecule has 6 nitrogen and oxygen atoms in total. The highest BCUT2D eigenvalue weighted by atomic mass is 35.5. The van der Waals surface area contributed by atoms with E-state index >= 15 is 0 Å². The van der Waals surface area contributed by atoms with E-state index in [1.165, 1.54) is 0 Å². The molecule has 24 heavy (non-hydrogen) atoms. The lowest BCUT2D eigenvalue weighted by molar-refractivity contribution is 0.0782. The zero-order valence-corrected chi connectivity index (χ0v) is 14.3. The predicted molar refractivity (Wildman–Crippen MR) is 91.8 cm³/mol. The Labute approximate surface area is 145 Å². The van der Waals surface area contributed by atoms with Crippen LogP contribution in [-0.4, -0.2) is 37.4 Å². The van der Waals surface area contributed by atoms with Crippen LogP contribution in [0.25, 0.3) is 0 Å². The summed E-state index contributed by atoms with van der Waals surface area (Å²) in [5.74, 6) is -0.0606. The van der Waals surface area contributed by atoms with Crippen LogP contribution in [0.5, 0.6) is 0 Å². The zero-order chi connectivity index (χ0) is 17.1. The highest BCUT2D eigenvalue weighted by molar-refractivity contribution is 6.31. The van der Waals surface area contributed by atoms with E-state index in [1.54, 1.807) is 29.0 Å². The maximum atomic E-state index is 12.7. The molecule has 0 aliphatic heterocycles. The summed E-state index contributed by atoms with van der Waals surface area (Å²) in [6, 6.07) is 9.45. The summed E-state index contributed by atoms with van der Waals surface area (Å²) in [6.07, 6.45) is 5.21. The summed E-state index contributed by atoms with van der Waals surface area (Å²) >= 11 is 6.11. The molecule has 0 spiro atoms. The van der Waals surface area contributed by atoms with Gasteiger partial charge in [0, 0.05) is 32.1 Å². The molecule has 0 saturated heterocycles. The number of aromatic nitrogens is 4. The number of aryl methyl sites for hydroxylation is 1. The molecule has 0 fully saturated rings. The molecule has 3 rings (SSSR count). The fourth-order valence-corrected chi connectivity index (χ4v) is 2.74. The number of nitrogens with zero attached hydrogens (tertiary/aromatic N) is 5. The lowest BCUT2D eigenvalue weighted by atomic mass is 10.1. The Kier molecular flexibility index (Phi) is 4.66. The zero-order valence-electron chi connectivity index (χ0n) is 13.6. The molecule has 0 N–H and O–H groups in total. The summed E-state index contributed by atoms with van der Waals surface area (Å²) in [6.45, 7) is 1.03. The van der Waals surface area contributed by atoms with Crippen LogP contribution in [0.15, 0.2) is 48.9 Å². The van der Waals surface area contributed by atoms with Gasteiger partial charge in [0.1, 0.15) is 0 Å². The third-order valence-corrected chi connectivity index (χ3v) is 4.14. The summed E-state index contributed by atoms with van der Waals surface area (Å²) in [4.78, 5) is 14.3. The molecular weight excluding hydrogens is 326 g/mol. The van der Waals surface area contributed by atoms with Crippen molar-refractivity contribution in [1.82, 2.24) is 24.5 Å². The van der Waals surface area contributed by atoms with Gasteiger partial charge in [-0.1, -0.05) is 23.7 Å². The SMILES string of the molecule is CN(Cc1c(Cl)cnn1C)C(=O)c1cccc(Cn2cccn2)c1. The minimum Gasteiger partial charge on any atom is -0.336 e. The number of rotatable bonds is 5. The van der Waals surface area contributed by atoms with Crippen LogP contribution in [0.4, 0.5) is 0 Å². The Bertz CT molecular complexity index is 821. The van der Waals surface area contributed by atoms with Crippen molar-refractivity contribution in [3.8, 4) is 0 Å². The normalized spacial score (nSPS) is 10.8. The van der Waals surface area contributed by atoms with Gasteiger partial charge >= 0.3 is 0 Å². The number of hydrogen-bond donors (Lipinski definition) is 0. The van der Waals surface area contributed by atoms with Gasteiger partial charge in [-0.3, -0.25) is 14.2 Å². The monoisotopic (exact) mass is 343 g/mol. The van der Waals surface area contributed by atoms with Crippen molar-refractivity contribution < 1.29 is 4.79 Å². The van der Waals surface area contributed by atoms with Gasteiger partial charge in [-0.15, -0.1) is 0 Å². The molecule has 0 atom stereocenters. The number of carbonyl (C=O) groups excluding carboxylic acids is 1. The predicted octanol–water partition coefficient (Wildman–Crippen LogP) is 2.59. The highest BCUT2D eigenvalue weighted by Gasteiger charge is 2.16. The van der Waals surface area contributed by atoms with E-state index in [0.29, 0.717) is 23.7 Å². The molecule has 1 amide bonds. The van der Waals surface area contributed by atoms with Gasteiger partial charge in [0.25, 0.3) is 5.91 Å². The molecule has 0 unspecified atom stereocenters. The Morgan fingerprint density at radius 3 is 2.79 bits per heavy atom. The van der Waals surface area contributed by atoms with E-state index in [9.17, 15) is 4.79 Å². The first kappa shape index (κ1) is 16.3. The van der Waals surface area contributed by atoms with Crippen molar-refractivity contribution in [2.24, 2.45) is 7.05 Å².